The van der Waals surface area contributed by atoms with Crippen molar-refractivity contribution in [1.82, 2.24) is 10.6 Å². The Hall–Kier alpha value is -2.41. The molecule has 0 bridgehead atoms. The average Bonchev–Trinajstić information content (AvgIpc) is 2.54. The smallest absolute Gasteiger partial charge is 0.319 e. The van der Waals surface area contributed by atoms with Crippen molar-refractivity contribution in [3.8, 4) is 11.5 Å². The lowest BCUT2D eigenvalue weighted by molar-refractivity contribution is -0.149. The van der Waals surface area contributed by atoms with Gasteiger partial charge in [0, 0.05) is 5.70 Å². The van der Waals surface area contributed by atoms with Crippen molar-refractivity contribution in [2.24, 2.45) is 11.8 Å². The van der Waals surface area contributed by atoms with Gasteiger partial charge in [-0.2, -0.15) is 0 Å². The Bertz CT molecular complexity index is 705. The number of phenolic OH excluding ortho intramolecular Hbond substituents is 1. The second kappa shape index (κ2) is 7.65. The lowest BCUT2D eigenvalue weighted by Crippen LogP contribution is -2.51. The van der Waals surface area contributed by atoms with Gasteiger partial charge in [0.05, 0.1) is 24.8 Å². The molecule has 0 saturated carbocycles. The first-order chi connectivity index (χ1) is 11.7. The van der Waals surface area contributed by atoms with E-state index in [2.05, 4.69) is 17.2 Å². The number of halogens is 1. The highest BCUT2D eigenvalue weighted by molar-refractivity contribution is 6.32. The Labute approximate surface area is 150 Å². The highest BCUT2D eigenvalue weighted by Gasteiger charge is 2.39. The molecule has 2 amide bonds. The predicted molar refractivity (Wildman–Crippen MR) is 92.5 cm³/mol. The monoisotopic (exact) mass is 368 g/mol. The molecule has 0 aliphatic carbocycles. The number of benzene rings is 1. The van der Waals surface area contributed by atoms with Crippen LogP contribution in [0.4, 0.5) is 4.79 Å². The molecule has 2 unspecified atom stereocenters. The van der Waals surface area contributed by atoms with E-state index in [1.54, 1.807) is 0 Å². The minimum atomic E-state index is -0.846. The molecular formula is C17H21ClN2O5. The minimum Gasteiger partial charge on any atom is -0.503 e. The normalized spacial score (nSPS) is 20.0. The number of carbonyl (C=O) groups is 2. The van der Waals surface area contributed by atoms with E-state index < -0.39 is 24.0 Å². The molecule has 0 radical (unpaired) electrons. The fourth-order valence-corrected chi connectivity index (χ4v) is 2.73. The van der Waals surface area contributed by atoms with Gasteiger partial charge in [0.15, 0.2) is 11.5 Å². The summed E-state index contributed by atoms with van der Waals surface area (Å²) in [5, 5.41) is 15.1. The molecule has 25 heavy (non-hydrogen) atoms. The Balaban J connectivity index is 2.40. The van der Waals surface area contributed by atoms with Crippen molar-refractivity contribution < 1.29 is 24.2 Å². The zero-order valence-electron chi connectivity index (χ0n) is 14.3. The number of carbonyl (C=O) groups excluding carboxylic acids is 2. The Morgan fingerprint density at radius 3 is 2.72 bits per heavy atom. The SMILES string of the molecule is C=C1NC(=O)NC(c2cc(Cl)c(O)c(OC)c2)C1C(=O)OCC(C)C. The van der Waals surface area contributed by atoms with Crippen molar-refractivity contribution in [3.05, 3.63) is 35.0 Å². The third kappa shape index (κ3) is 4.17. The first kappa shape index (κ1) is 18.9. The van der Waals surface area contributed by atoms with Gasteiger partial charge in [-0.25, -0.2) is 4.79 Å². The third-order valence-corrected chi connectivity index (χ3v) is 4.00. The number of rotatable bonds is 5. The van der Waals surface area contributed by atoms with Crippen LogP contribution in [0, 0.1) is 11.8 Å². The van der Waals surface area contributed by atoms with Gasteiger partial charge in [0.25, 0.3) is 0 Å². The zero-order valence-corrected chi connectivity index (χ0v) is 15.0. The second-order valence-electron chi connectivity index (χ2n) is 6.16. The summed E-state index contributed by atoms with van der Waals surface area (Å²) in [4.78, 5) is 24.4. The summed E-state index contributed by atoms with van der Waals surface area (Å²) in [5.41, 5.74) is 0.716. The van der Waals surface area contributed by atoms with Gasteiger partial charge in [0.1, 0.15) is 5.92 Å². The van der Waals surface area contributed by atoms with Crippen LogP contribution >= 0.6 is 11.6 Å². The van der Waals surface area contributed by atoms with E-state index in [1.165, 1.54) is 19.2 Å². The summed E-state index contributed by atoms with van der Waals surface area (Å²) in [6.45, 7) is 7.86. The van der Waals surface area contributed by atoms with Crippen LogP contribution in [0.2, 0.25) is 5.02 Å². The summed E-state index contributed by atoms with van der Waals surface area (Å²) in [6.07, 6.45) is 0. The second-order valence-corrected chi connectivity index (χ2v) is 6.56. The number of methoxy groups -OCH3 is 1. The van der Waals surface area contributed by atoms with Crippen LogP contribution in [-0.2, 0) is 9.53 Å². The number of urea groups is 1. The molecule has 1 fully saturated rings. The van der Waals surface area contributed by atoms with Crippen molar-refractivity contribution in [2.45, 2.75) is 19.9 Å². The number of hydrogen-bond donors (Lipinski definition) is 3. The molecule has 1 aromatic rings. The number of ether oxygens (including phenoxy) is 2. The maximum Gasteiger partial charge on any atom is 0.319 e. The van der Waals surface area contributed by atoms with E-state index in [4.69, 9.17) is 21.1 Å². The Morgan fingerprint density at radius 2 is 2.12 bits per heavy atom. The summed E-state index contributed by atoms with van der Waals surface area (Å²) >= 11 is 6.02. The van der Waals surface area contributed by atoms with Crippen LogP contribution < -0.4 is 15.4 Å². The molecular weight excluding hydrogens is 348 g/mol. The molecule has 1 heterocycles. The van der Waals surface area contributed by atoms with Gasteiger partial charge in [-0.3, -0.25) is 4.79 Å². The van der Waals surface area contributed by atoms with E-state index in [-0.39, 0.29) is 34.7 Å². The quantitative estimate of drug-likeness (QED) is 0.694. The number of amides is 2. The molecule has 1 aliphatic rings. The molecule has 0 spiro atoms. The standard InChI is InChI=1S/C17H21ClN2O5/c1-8(2)7-25-16(22)13-9(3)19-17(23)20-14(13)10-5-11(18)15(21)12(6-10)24-4/h5-6,8,13-14,21H,3,7H2,1-2,4H3,(H2,19,20,23). The molecule has 3 N–H and O–H groups in total. The van der Waals surface area contributed by atoms with E-state index in [1.807, 2.05) is 13.8 Å². The van der Waals surface area contributed by atoms with Crippen LogP contribution in [0.3, 0.4) is 0 Å². The summed E-state index contributed by atoms with van der Waals surface area (Å²) < 4.78 is 10.4. The molecule has 8 heteroatoms. The molecule has 0 aromatic heterocycles. The van der Waals surface area contributed by atoms with Gasteiger partial charge in [-0.05, 0) is 23.6 Å². The van der Waals surface area contributed by atoms with Crippen molar-refractivity contribution >= 4 is 23.6 Å². The van der Waals surface area contributed by atoms with Crippen LogP contribution in [0.15, 0.2) is 24.4 Å². The maximum atomic E-state index is 12.5. The van der Waals surface area contributed by atoms with Crippen molar-refractivity contribution in [2.75, 3.05) is 13.7 Å². The molecule has 1 aromatic carbocycles. The summed E-state index contributed by atoms with van der Waals surface area (Å²) in [7, 11) is 1.38. The van der Waals surface area contributed by atoms with Gasteiger partial charge >= 0.3 is 12.0 Å². The van der Waals surface area contributed by atoms with Crippen molar-refractivity contribution in [1.29, 1.82) is 0 Å². The zero-order chi connectivity index (χ0) is 18.7. The lowest BCUT2D eigenvalue weighted by Gasteiger charge is -2.33. The average molecular weight is 369 g/mol. The Morgan fingerprint density at radius 1 is 1.44 bits per heavy atom. The Kier molecular flexibility index (Phi) is 5.79. The predicted octanol–water partition coefficient (Wildman–Crippen LogP) is 2.74. The summed E-state index contributed by atoms with van der Waals surface area (Å²) in [5.74, 6) is -1.27. The van der Waals surface area contributed by atoms with Gasteiger partial charge in [-0.1, -0.05) is 32.0 Å². The number of nitrogens with one attached hydrogen (secondary N) is 2. The van der Waals surface area contributed by atoms with Gasteiger partial charge < -0.3 is 25.2 Å². The van der Waals surface area contributed by atoms with Gasteiger partial charge in [-0.15, -0.1) is 0 Å². The first-order valence-corrected chi connectivity index (χ1v) is 8.11. The highest BCUT2D eigenvalue weighted by atomic mass is 35.5. The maximum absolute atomic E-state index is 12.5. The van der Waals surface area contributed by atoms with E-state index in [9.17, 15) is 14.7 Å². The topological polar surface area (TPSA) is 96.9 Å². The lowest BCUT2D eigenvalue weighted by atomic mass is 9.89. The van der Waals surface area contributed by atoms with Crippen LogP contribution in [0.5, 0.6) is 11.5 Å². The molecule has 7 nitrogen and oxygen atoms in total. The van der Waals surface area contributed by atoms with Gasteiger partial charge in [0.2, 0.25) is 0 Å². The number of hydrogen-bond acceptors (Lipinski definition) is 5. The molecule has 136 valence electrons. The minimum absolute atomic E-state index is 0.0436. The molecule has 1 saturated heterocycles. The first-order valence-electron chi connectivity index (χ1n) is 7.74. The number of aromatic hydroxyl groups is 1. The molecule has 1 aliphatic heterocycles. The third-order valence-electron chi connectivity index (χ3n) is 3.71. The highest BCUT2D eigenvalue weighted by Crippen LogP contribution is 2.39. The van der Waals surface area contributed by atoms with Crippen molar-refractivity contribution in [3.63, 3.8) is 0 Å². The van der Waals surface area contributed by atoms with E-state index >= 15 is 0 Å². The van der Waals surface area contributed by atoms with Crippen LogP contribution in [-0.4, -0.2) is 30.8 Å². The fourth-order valence-electron chi connectivity index (χ4n) is 2.51. The summed E-state index contributed by atoms with van der Waals surface area (Å²) in [6, 6.07) is 1.72. The number of phenols is 1. The largest absolute Gasteiger partial charge is 0.503 e. The fraction of sp³-hybridized carbons (Fsp3) is 0.412. The van der Waals surface area contributed by atoms with E-state index in [0.29, 0.717) is 5.56 Å². The van der Waals surface area contributed by atoms with E-state index in [0.717, 1.165) is 0 Å². The molecule has 2 rings (SSSR count). The van der Waals surface area contributed by atoms with Crippen LogP contribution in [0.1, 0.15) is 25.5 Å². The molecule has 2 atom stereocenters. The van der Waals surface area contributed by atoms with Crippen LogP contribution in [0.25, 0.3) is 0 Å². The number of esters is 1.